The number of nitrogens with one attached hydrogen (secondary N) is 2. The van der Waals surface area contributed by atoms with Gasteiger partial charge in [-0.3, -0.25) is 0 Å². The molecule has 1 aromatic heterocycles. The molecule has 1 aliphatic rings. The van der Waals surface area contributed by atoms with Crippen LogP contribution >= 0.6 is 11.3 Å². The molecule has 0 spiro atoms. The van der Waals surface area contributed by atoms with E-state index in [9.17, 15) is 5.11 Å². The molecule has 2 atom stereocenters. The molecule has 0 radical (unpaired) electrons. The van der Waals surface area contributed by atoms with Crippen molar-refractivity contribution in [1.29, 1.82) is 0 Å². The van der Waals surface area contributed by atoms with Crippen molar-refractivity contribution in [3.8, 4) is 0 Å². The second kappa shape index (κ2) is 5.72. The van der Waals surface area contributed by atoms with E-state index in [1.165, 1.54) is 9.88 Å². The van der Waals surface area contributed by atoms with Crippen LogP contribution in [0.1, 0.15) is 16.8 Å². The van der Waals surface area contributed by atoms with Gasteiger partial charge in [0.2, 0.25) is 0 Å². The smallest absolute Gasteiger partial charge is 0.0925 e. The van der Waals surface area contributed by atoms with Crippen molar-refractivity contribution in [3.05, 3.63) is 16.1 Å². The summed E-state index contributed by atoms with van der Waals surface area (Å²) in [5, 5.41) is 17.4. The first kappa shape index (κ1) is 12.0. The van der Waals surface area contributed by atoms with E-state index in [2.05, 4.69) is 22.5 Å². The summed E-state index contributed by atoms with van der Waals surface area (Å²) in [6.45, 7) is 5.50. The van der Waals surface area contributed by atoms with Gasteiger partial charge < -0.3 is 15.7 Å². The number of aliphatic hydroxyl groups excluding tert-OH is 1. The first-order valence-corrected chi connectivity index (χ1v) is 6.64. The van der Waals surface area contributed by atoms with Crippen LogP contribution in [0.5, 0.6) is 0 Å². The van der Waals surface area contributed by atoms with Crippen molar-refractivity contribution in [1.82, 2.24) is 15.6 Å². The lowest BCUT2D eigenvalue weighted by molar-refractivity contribution is 0.146. The quantitative estimate of drug-likeness (QED) is 0.697. The van der Waals surface area contributed by atoms with Gasteiger partial charge in [0.05, 0.1) is 11.1 Å². The third-order valence-electron chi connectivity index (χ3n) is 2.91. The summed E-state index contributed by atoms with van der Waals surface area (Å²) >= 11 is 1.76. The Kier molecular flexibility index (Phi) is 4.29. The minimum atomic E-state index is -0.194. The van der Waals surface area contributed by atoms with Gasteiger partial charge in [0.25, 0.3) is 0 Å². The van der Waals surface area contributed by atoms with E-state index in [1.54, 1.807) is 11.3 Å². The molecule has 0 aromatic carbocycles. The summed E-state index contributed by atoms with van der Waals surface area (Å²) in [6.07, 6.45) is 2.76. The van der Waals surface area contributed by atoms with E-state index in [-0.39, 0.29) is 6.10 Å². The zero-order valence-corrected chi connectivity index (χ0v) is 10.4. The second-order valence-corrected chi connectivity index (χ2v) is 5.39. The summed E-state index contributed by atoms with van der Waals surface area (Å²) in [5.74, 6) is 0.346. The fraction of sp³-hybridized carbons (Fsp3) is 0.727. The lowest BCUT2D eigenvalue weighted by Crippen LogP contribution is -2.29. The molecule has 90 valence electrons. The third-order valence-corrected chi connectivity index (χ3v) is 4.06. The van der Waals surface area contributed by atoms with Crippen molar-refractivity contribution in [2.75, 3.05) is 19.6 Å². The van der Waals surface area contributed by atoms with Crippen molar-refractivity contribution >= 4 is 11.3 Å². The van der Waals surface area contributed by atoms with Gasteiger partial charge in [0, 0.05) is 43.2 Å². The Morgan fingerprint density at radius 1 is 1.62 bits per heavy atom. The SMILES string of the molecule is CCc1ncc(CNCC2CNCC2O)s1. The maximum absolute atomic E-state index is 9.62. The molecular weight excluding hydrogens is 222 g/mol. The van der Waals surface area contributed by atoms with E-state index in [0.717, 1.165) is 32.6 Å². The molecule has 0 aliphatic carbocycles. The van der Waals surface area contributed by atoms with Crippen LogP contribution in [0.15, 0.2) is 6.20 Å². The molecule has 2 heterocycles. The first-order valence-electron chi connectivity index (χ1n) is 5.82. The Balaban J connectivity index is 1.71. The minimum absolute atomic E-state index is 0.194. The highest BCUT2D eigenvalue weighted by molar-refractivity contribution is 7.11. The van der Waals surface area contributed by atoms with Crippen LogP contribution in [-0.4, -0.2) is 35.8 Å². The predicted molar refractivity (Wildman–Crippen MR) is 65.6 cm³/mol. The standard InChI is InChI=1S/C11H19N3OS/c1-2-11-14-6-9(16-11)5-12-3-8-4-13-7-10(8)15/h6,8,10,12-13,15H,2-5,7H2,1H3. The molecule has 1 aromatic rings. The van der Waals surface area contributed by atoms with Crippen LogP contribution < -0.4 is 10.6 Å². The maximum Gasteiger partial charge on any atom is 0.0925 e. The van der Waals surface area contributed by atoms with E-state index in [1.807, 2.05) is 6.20 Å². The molecule has 0 amide bonds. The van der Waals surface area contributed by atoms with E-state index >= 15 is 0 Å². The molecule has 2 rings (SSSR count). The van der Waals surface area contributed by atoms with Gasteiger partial charge in [-0.1, -0.05) is 6.92 Å². The van der Waals surface area contributed by atoms with Crippen molar-refractivity contribution in [2.24, 2.45) is 5.92 Å². The molecule has 1 fully saturated rings. The van der Waals surface area contributed by atoms with E-state index < -0.39 is 0 Å². The van der Waals surface area contributed by atoms with Gasteiger partial charge in [-0.15, -0.1) is 11.3 Å². The Morgan fingerprint density at radius 2 is 2.50 bits per heavy atom. The highest BCUT2D eigenvalue weighted by atomic mass is 32.1. The normalized spacial score (nSPS) is 25.1. The largest absolute Gasteiger partial charge is 0.391 e. The fourth-order valence-electron chi connectivity index (χ4n) is 1.90. The number of nitrogens with zero attached hydrogens (tertiary/aromatic N) is 1. The molecule has 0 bridgehead atoms. The lowest BCUT2D eigenvalue weighted by atomic mass is 10.1. The minimum Gasteiger partial charge on any atom is -0.391 e. The van der Waals surface area contributed by atoms with Gasteiger partial charge in [-0.25, -0.2) is 4.98 Å². The zero-order valence-electron chi connectivity index (χ0n) is 9.57. The number of β-amino-alcohol motifs (C(OH)–C–C–N with tert-alkyl or cyclic N) is 1. The van der Waals surface area contributed by atoms with Crippen LogP contribution in [0.2, 0.25) is 0 Å². The molecule has 1 saturated heterocycles. The number of aryl methyl sites for hydroxylation is 1. The third kappa shape index (κ3) is 3.01. The lowest BCUT2D eigenvalue weighted by Gasteiger charge is -2.13. The Morgan fingerprint density at radius 3 is 3.12 bits per heavy atom. The molecule has 4 nitrogen and oxygen atoms in total. The van der Waals surface area contributed by atoms with Crippen molar-refractivity contribution in [3.63, 3.8) is 0 Å². The molecule has 3 N–H and O–H groups in total. The molecule has 5 heteroatoms. The Hall–Kier alpha value is -0.490. The van der Waals surface area contributed by atoms with Crippen LogP contribution in [0.3, 0.4) is 0 Å². The van der Waals surface area contributed by atoms with Gasteiger partial charge in [0.1, 0.15) is 0 Å². The fourth-order valence-corrected chi connectivity index (χ4v) is 2.73. The number of rotatable bonds is 5. The van der Waals surface area contributed by atoms with E-state index in [4.69, 9.17) is 0 Å². The zero-order chi connectivity index (χ0) is 11.4. The molecular formula is C11H19N3OS. The molecule has 0 saturated carbocycles. The van der Waals surface area contributed by atoms with Crippen LogP contribution in [0.4, 0.5) is 0 Å². The first-order chi connectivity index (χ1) is 7.79. The predicted octanol–water partition coefficient (Wildman–Crippen LogP) is 0.375. The molecule has 1 aliphatic heterocycles. The number of hydrogen-bond donors (Lipinski definition) is 3. The Labute approximate surface area is 100 Å². The highest BCUT2D eigenvalue weighted by Gasteiger charge is 2.23. The topological polar surface area (TPSA) is 57.2 Å². The van der Waals surface area contributed by atoms with Gasteiger partial charge >= 0.3 is 0 Å². The molecule has 2 unspecified atom stereocenters. The number of aromatic nitrogens is 1. The average Bonchev–Trinajstić information content (AvgIpc) is 2.89. The summed E-state index contributed by atoms with van der Waals surface area (Å²) in [5.41, 5.74) is 0. The van der Waals surface area contributed by atoms with Gasteiger partial charge in [-0.05, 0) is 6.42 Å². The second-order valence-electron chi connectivity index (χ2n) is 4.19. The Bertz CT molecular complexity index is 329. The maximum atomic E-state index is 9.62. The number of thiazole rings is 1. The van der Waals surface area contributed by atoms with Gasteiger partial charge in [0.15, 0.2) is 0 Å². The number of aliphatic hydroxyl groups is 1. The number of hydrogen-bond acceptors (Lipinski definition) is 5. The monoisotopic (exact) mass is 241 g/mol. The summed E-state index contributed by atoms with van der Waals surface area (Å²) in [4.78, 5) is 5.59. The van der Waals surface area contributed by atoms with Crippen molar-refractivity contribution in [2.45, 2.75) is 26.0 Å². The van der Waals surface area contributed by atoms with Crippen LogP contribution in [0, 0.1) is 5.92 Å². The van der Waals surface area contributed by atoms with Crippen molar-refractivity contribution < 1.29 is 5.11 Å². The summed E-state index contributed by atoms with van der Waals surface area (Å²) < 4.78 is 0. The summed E-state index contributed by atoms with van der Waals surface area (Å²) in [6, 6.07) is 0. The highest BCUT2D eigenvalue weighted by Crippen LogP contribution is 2.13. The van der Waals surface area contributed by atoms with Crippen LogP contribution in [0.25, 0.3) is 0 Å². The average molecular weight is 241 g/mol. The van der Waals surface area contributed by atoms with E-state index in [0.29, 0.717) is 5.92 Å². The van der Waals surface area contributed by atoms with Gasteiger partial charge in [-0.2, -0.15) is 0 Å². The summed E-state index contributed by atoms with van der Waals surface area (Å²) in [7, 11) is 0. The molecule has 16 heavy (non-hydrogen) atoms. The van der Waals surface area contributed by atoms with Crippen LogP contribution in [-0.2, 0) is 13.0 Å².